The van der Waals surface area contributed by atoms with Crippen LogP contribution in [0.1, 0.15) is 24.1 Å². The molecular formula is C12H18BrNOS. The molecule has 16 heavy (non-hydrogen) atoms. The largest absolute Gasteiger partial charge is 0.376 e. The van der Waals surface area contributed by atoms with Crippen LogP contribution in [0.4, 0.5) is 0 Å². The highest BCUT2D eigenvalue weighted by molar-refractivity contribution is 9.11. The molecule has 0 aliphatic carbocycles. The van der Waals surface area contributed by atoms with Crippen LogP contribution < -0.4 is 5.32 Å². The average Bonchev–Trinajstić information content (AvgIpc) is 2.72. The summed E-state index contributed by atoms with van der Waals surface area (Å²) in [4.78, 5) is 1.30. The lowest BCUT2D eigenvalue weighted by atomic mass is 9.97. The minimum Gasteiger partial charge on any atom is -0.376 e. The van der Waals surface area contributed by atoms with Gasteiger partial charge >= 0.3 is 0 Å². The monoisotopic (exact) mass is 303 g/mol. The Morgan fingerprint density at radius 3 is 3.12 bits per heavy atom. The summed E-state index contributed by atoms with van der Waals surface area (Å²) < 4.78 is 6.88. The molecule has 1 aromatic heterocycles. The van der Waals surface area contributed by atoms with E-state index in [1.807, 2.05) is 0 Å². The fourth-order valence-corrected chi connectivity index (χ4v) is 3.44. The highest BCUT2D eigenvalue weighted by atomic mass is 79.9. The van der Waals surface area contributed by atoms with E-state index in [-0.39, 0.29) is 0 Å². The van der Waals surface area contributed by atoms with Crippen molar-refractivity contribution in [1.82, 2.24) is 5.32 Å². The lowest BCUT2D eigenvalue weighted by Crippen LogP contribution is -2.30. The van der Waals surface area contributed by atoms with Crippen LogP contribution in [0.3, 0.4) is 0 Å². The fourth-order valence-electron chi connectivity index (χ4n) is 2.02. The van der Waals surface area contributed by atoms with Gasteiger partial charge in [-0.15, -0.1) is 11.3 Å². The number of hydrogen-bond donors (Lipinski definition) is 1. The van der Waals surface area contributed by atoms with Gasteiger partial charge in [-0.3, -0.25) is 0 Å². The van der Waals surface area contributed by atoms with Crippen LogP contribution >= 0.6 is 27.3 Å². The highest BCUT2D eigenvalue weighted by Crippen LogP contribution is 2.22. The lowest BCUT2D eigenvalue weighted by Gasteiger charge is -2.22. The van der Waals surface area contributed by atoms with Crippen LogP contribution in [0.5, 0.6) is 0 Å². The molecular weight excluding hydrogens is 286 g/mol. The molecule has 0 radical (unpaired) electrons. The highest BCUT2D eigenvalue weighted by Gasteiger charge is 2.12. The third kappa shape index (κ3) is 4.17. The summed E-state index contributed by atoms with van der Waals surface area (Å²) in [6.45, 7) is 4.02. The first-order valence-electron chi connectivity index (χ1n) is 5.87. The molecule has 1 unspecified atom stereocenters. The minimum atomic E-state index is 0.760. The molecule has 1 aromatic rings. The molecule has 2 rings (SSSR count). The van der Waals surface area contributed by atoms with Crippen LogP contribution in [-0.4, -0.2) is 19.7 Å². The molecule has 0 aromatic carbocycles. The summed E-state index contributed by atoms with van der Waals surface area (Å²) in [6, 6.07) is 4.20. The van der Waals surface area contributed by atoms with E-state index in [0.717, 1.165) is 19.1 Å². The molecule has 2 heterocycles. The number of ether oxygens (including phenoxy) is 1. The lowest BCUT2D eigenvalue weighted by molar-refractivity contribution is 0.105. The van der Waals surface area contributed by atoms with Crippen LogP contribution in [0.25, 0.3) is 0 Å². The van der Waals surface area contributed by atoms with Gasteiger partial charge in [0.15, 0.2) is 0 Å². The molecule has 1 saturated heterocycles. The first kappa shape index (κ1) is 12.6. The molecule has 0 bridgehead atoms. The second-order valence-electron chi connectivity index (χ2n) is 4.26. The number of halogens is 1. The maximum atomic E-state index is 5.70. The van der Waals surface area contributed by atoms with Gasteiger partial charge in [0.1, 0.15) is 0 Å². The van der Waals surface area contributed by atoms with Gasteiger partial charge in [0, 0.05) is 11.5 Å². The van der Waals surface area contributed by atoms with E-state index >= 15 is 0 Å². The molecule has 0 amide bonds. The van der Waals surface area contributed by atoms with E-state index < -0.39 is 0 Å². The minimum absolute atomic E-state index is 0.760. The van der Waals surface area contributed by atoms with Crippen molar-refractivity contribution < 1.29 is 4.74 Å². The van der Waals surface area contributed by atoms with Gasteiger partial charge in [-0.1, -0.05) is 0 Å². The van der Waals surface area contributed by atoms with E-state index in [4.69, 9.17) is 4.74 Å². The van der Waals surface area contributed by atoms with Crippen LogP contribution in [0.15, 0.2) is 15.9 Å². The van der Waals surface area contributed by atoms with Crippen molar-refractivity contribution in [2.75, 3.05) is 19.7 Å². The standard InChI is InChI=1S/C12H18BrNOS/c13-12-4-3-11(16-12)9-15-7-5-10-2-1-6-14-8-10/h3-4,10,14H,1-2,5-9H2. The summed E-state index contributed by atoms with van der Waals surface area (Å²) in [5.74, 6) is 0.823. The fraction of sp³-hybridized carbons (Fsp3) is 0.667. The first-order chi connectivity index (χ1) is 7.84. The second kappa shape index (κ2) is 6.74. The molecule has 1 N–H and O–H groups in total. The van der Waals surface area contributed by atoms with Crippen molar-refractivity contribution in [2.45, 2.75) is 25.9 Å². The van der Waals surface area contributed by atoms with Crippen LogP contribution in [0, 0.1) is 5.92 Å². The van der Waals surface area contributed by atoms with Gasteiger partial charge in [-0.2, -0.15) is 0 Å². The van der Waals surface area contributed by atoms with Crippen molar-refractivity contribution in [2.24, 2.45) is 5.92 Å². The first-order valence-corrected chi connectivity index (χ1v) is 7.48. The third-order valence-corrected chi connectivity index (χ3v) is 4.54. The topological polar surface area (TPSA) is 21.3 Å². The van der Waals surface area contributed by atoms with Gasteiger partial charge < -0.3 is 10.1 Å². The van der Waals surface area contributed by atoms with E-state index in [9.17, 15) is 0 Å². The van der Waals surface area contributed by atoms with Gasteiger partial charge in [0.2, 0.25) is 0 Å². The van der Waals surface area contributed by atoms with E-state index in [1.165, 1.54) is 41.0 Å². The Bertz CT molecular complexity index is 310. The van der Waals surface area contributed by atoms with Gasteiger partial charge in [0.05, 0.1) is 10.4 Å². The van der Waals surface area contributed by atoms with Crippen LogP contribution in [0.2, 0.25) is 0 Å². The zero-order valence-electron chi connectivity index (χ0n) is 9.38. The Morgan fingerprint density at radius 2 is 2.44 bits per heavy atom. The van der Waals surface area contributed by atoms with E-state index in [2.05, 4.69) is 33.4 Å². The molecule has 0 saturated carbocycles. The quantitative estimate of drug-likeness (QED) is 0.842. The second-order valence-corrected chi connectivity index (χ2v) is 6.81. The van der Waals surface area contributed by atoms with Crippen molar-refractivity contribution >= 4 is 27.3 Å². The van der Waals surface area contributed by atoms with Crippen molar-refractivity contribution in [3.63, 3.8) is 0 Å². The normalized spacial score (nSPS) is 21.2. The Morgan fingerprint density at radius 1 is 1.50 bits per heavy atom. The predicted molar refractivity (Wildman–Crippen MR) is 71.9 cm³/mol. The Balaban J connectivity index is 1.57. The van der Waals surface area contributed by atoms with Crippen LogP contribution in [-0.2, 0) is 11.3 Å². The number of hydrogen-bond acceptors (Lipinski definition) is 3. The van der Waals surface area contributed by atoms with Crippen molar-refractivity contribution in [1.29, 1.82) is 0 Å². The summed E-state index contributed by atoms with van der Waals surface area (Å²) in [5.41, 5.74) is 0. The molecule has 1 atom stereocenters. The maximum Gasteiger partial charge on any atom is 0.0809 e. The molecule has 90 valence electrons. The van der Waals surface area contributed by atoms with E-state index in [0.29, 0.717) is 0 Å². The number of piperidine rings is 1. The van der Waals surface area contributed by atoms with Gasteiger partial charge in [0.25, 0.3) is 0 Å². The Labute approximate surface area is 110 Å². The third-order valence-electron chi connectivity index (χ3n) is 2.94. The van der Waals surface area contributed by atoms with Crippen molar-refractivity contribution in [3.8, 4) is 0 Å². The maximum absolute atomic E-state index is 5.70. The number of thiophene rings is 1. The zero-order chi connectivity index (χ0) is 11.2. The smallest absolute Gasteiger partial charge is 0.0809 e. The van der Waals surface area contributed by atoms with E-state index in [1.54, 1.807) is 11.3 Å². The molecule has 4 heteroatoms. The molecule has 1 aliphatic heterocycles. The Kier molecular flexibility index (Phi) is 5.29. The summed E-state index contributed by atoms with van der Waals surface area (Å²) in [6.07, 6.45) is 3.88. The molecule has 2 nitrogen and oxygen atoms in total. The number of nitrogens with one attached hydrogen (secondary N) is 1. The molecule has 1 fully saturated rings. The predicted octanol–water partition coefficient (Wildman–Crippen LogP) is 3.42. The molecule has 1 aliphatic rings. The summed E-state index contributed by atoms with van der Waals surface area (Å²) in [5, 5.41) is 3.44. The summed E-state index contributed by atoms with van der Waals surface area (Å²) in [7, 11) is 0. The van der Waals surface area contributed by atoms with Crippen molar-refractivity contribution in [3.05, 3.63) is 20.8 Å². The zero-order valence-corrected chi connectivity index (χ0v) is 11.8. The summed E-state index contributed by atoms with van der Waals surface area (Å²) >= 11 is 5.21. The van der Waals surface area contributed by atoms with Gasteiger partial charge in [-0.05, 0) is 66.3 Å². The average molecular weight is 304 g/mol. The Hall–Kier alpha value is 0.1000. The molecule has 0 spiro atoms. The number of rotatable bonds is 5. The van der Waals surface area contributed by atoms with Gasteiger partial charge in [-0.25, -0.2) is 0 Å². The SMILES string of the molecule is Brc1ccc(COCCC2CCCNC2)s1.